The van der Waals surface area contributed by atoms with E-state index >= 15 is 0 Å². The molecule has 0 saturated carbocycles. The summed E-state index contributed by atoms with van der Waals surface area (Å²) >= 11 is 0. The fraction of sp³-hybridized carbons (Fsp3) is 0.429. The number of ether oxygens (including phenoxy) is 1. The topological polar surface area (TPSA) is 63.6 Å². The molecule has 0 fully saturated rings. The molecule has 11 heavy (non-hydrogen) atoms. The van der Waals surface area contributed by atoms with E-state index in [1.165, 1.54) is 6.08 Å². The van der Waals surface area contributed by atoms with Gasteiger partial charge in [0, 0.05) is 6.08 Å². The molecule has 0 aliphatic heterocycles. The second-order valence-corrected chi connectivity index (χ2v) is 2.22. The van der Waals surface area contributed by atoms with Crippen LogP contribution in [0.4, 0.5) is 0 Å². The number of hydrogen-bond donors (Lipinski definition) is 1. The van der Waals surface area contributed by atoms with Crippen LogP contribution in [0, 0.1) is 0 Å². The zero-order chi connectivity index (χ0) is 8.85. The van der Waals surface area contributed by atoms with Crippen molar-refractivity contribution in [2.45, 2.75) is 13.8 Å². The van der Waals surface area contributed by atoms with Crippen molar-refractivity contribution in [1.82, 2.24) is 0 Å². The lowest BCUT2D eigenvalue weighted by Gasteiger charge is -1.95. The van der Waals surface area contributed by atoms with Crippen LogP contribution in [-0.2, 0) is 14.3 Å². The van der Waals surface area contributed by atoms with Crippen molar-refractivity contribution in [3.8, 4) is 0 Å². The van der Waals surface area contributed by atoms with E-state index in [0.29, 0.717) is 0 Å². The second kappa shape index (κ2) is 4.49. The zero-order valence-electron chi connectivity index (χ0n) is 6.46. The molecular weight excluding hydrogens is 148 g/mol. The summed E-state index contributed by atoms with van der Waals surface area (Å²) in [7, 11) is 0. The Labute approximate surface area is 64.5 Å². The Balaban J connectivity index is 3.71. The number of carboxylic acids is 1. The molecule has 0 saturated heterocycles. The van der Waals surface area contributed by atoms with Gasteiger partial charge in [0.05, 0.1) is 0 Å². The summed E-state index contributed by atoms with van der Waals surface area (Å²) in [6.07, 6.45) is 1.24. The lowest BCUT2D eigenvalue weighted by atomic mass is 10.3. The third-order valence-corrected chi connectivity index (χ3v) is 0.744. The van der Waals surface area contributed by atoms with Crippen LogP contribution in [-0.4, -0.2) is 23.7 Å². The summed E-state index contributed by atoms with van der Waals surface area (Å²) in [4.78, 5) is 20.5. The van der Waals surface area contributed by atoms with E-state index in [1.807, 2.05) is 0 Å². The Hall–Kier alpha value is -1.32. The first-order chi connectivity index (χ1) is 5.02. The minimum Gasteiger partial charge on any atom is -0.479 e. The van der Waals surface area contributed by atoms with Crippen LogP contribution in [0.5, 0.6) is 0 Å². The number of rotatable bonds is 3. The lowest BCUT2D eigenvalue weighted by Crippen LogP contribution is -2.11. The molecule has 0 radical (unpaired) electrons. The number of aliphatic carboxylic acids is 1. The number of carbonyl (C=O) groups excluding carboxylic acids is 1. The highest BCUT2D eigenvalue weighted by Gasteiger charge is 2.01. The summed E-state index contributed by atoms with van der Waals surface area (Å²) in [5, 5.41) is 8.10. The SMILES string of the molecule is CC(C)=CC(=O)OCC(=O)O. The molecular formula is C7H10O4. The van der Waals surface area contributed by atoms with E-state index < -0.39 is 18.5 Å². The number of esters is 1. The van der Waals surface area contributed by atoms with E-state index in [1.54, 1.807) is 13.8 Å². The van der Waals surface area contributed by atoms with Gasteiger partial charge in [-0.1, -0.05) is 5.57 Å². The second-order valence-electron chi connectivity index (χ2n) is 2.22. The summed E-state index contributed by atoms with van der Waals surface area (Å²) < 4.78 is 4.30. The summed E-state index contributed by atoms with van der Waals surface area (Å²) in [5.74, 6) is -1.77. The number of carboxylic acid groups (broad SMARTS) is 1. The molecule has 0 atom stereocenters. The van der Waals surface area contributed by atoms with Gasteiger partial charge in [-0.05, 0) is 13.8 Å². The van der Waals surface area contributed by atoms with Crippen molar-refractivity contribution < 1.29 is 19.4 Å². The Morgan fingerprint density at radius 2 is 2.00 bits per heavy atom. The first-order valence-electron chi connectivity index (χ1n) is 3.06. The van der Waals surface area contributed by atoms with E-state index in [4.69, 9.17) is 5.11 Å². The predicted molar refractivity (Wildman–Crippen MR) is 38.0 cm³/mol. The maximum absolute atomic E-state index is 10.6. The van der Waals surface area contributed by atoms with Crippen LogP contribution in [0.1, 0.15) is 13.8 Å². The Kier molecular flexibility index (Phi) is 3.95. The average Bonchev–Trinajstić information content (AvgIpc) is 1.82. The van der Waals surface area contributed by atoms with E-state index in [2.05, 4.69) is 4.74 Å². The molecule has 0 aromatic carbocycles. The van der Waals surface area contributed by atoms with Crippen LogP contribution in [0.3, 0.4) is 0 Å². The third-order valence-electron chi connectivity index (χ3n) is 0.744. The van der Waals surface area contributed by atoms with E-state index in [0.717, 1.165) is 5.57 Å². The highest BCUT2D eigenvalue weighted by molar-refractivity contribution is 5.84. The molecule has 62 valence electrons. The van der Waals surface area contributed by atoms with Gasteiger partial charge in [-0.15, -0.1) is 0 Å². The van der Waals surface area contributed by atoms with Gasteiger partial charge in [0.15, 0.2) is 6.61 Å². The van der Waals surface area contributed by atoms with Gasteiger partial charge in [0.1, 0.15) is 0 Å². The molecule has 4 nitrogen and oxygen atoms in total. The van der Waals surface area contributed by atoms with Crippen molar-refractivity contribution in [1.29, 1.82) is 0 Å². The molecule has 0 rings (SSSR count). The van der Waals surface area contributed by atoms with Crippen molar-refractivity contribution in [2.24, 2.45) is 0 Å². The molecule has 0 aliphatic carbocycles. The summed E-state index contributed by atoms with van der Waals surface area (Å²) in [6, 6.07) is 0. The summed E-state index contributed by atoms with van der Waals surface area (Å²) in [6.45, 7) is 2.87. The minimum absolute atomic E-state index is 0.581. The molecule has 0 heterocycles. The first-order valence-corrected chi connectivity index (χ1v) is 3.06. The largest absolute Gasteiger partial charge is 0.479 e. The van der Waals surface area contributed by atoms with Crippen LogP contribution < -0.4 is 0 Å². The quantitative estimate of drug-likeness (QED) is 0.482. The van der Waals surface area contributed by atoms with Crippen LogP contribution in [0.2, 0.25) is 0 Å². The van der Waals surface area contributed by atoms with E-state index in [-0.39, 0.29) is 0 Å². The monoisotopic (exact) mass is 158 g/mol. The van der Waals surface area contributed by atoms with Crippen molar-refractivity contribution in [3.63, 3.8) is 0 Å². The lowest BCUT2D eigenvalue weighted by molar-refractivity contribution is -0.151. The van der Waals surface area contributed by atoms with Crippen LogP contribution in [0.25, 0.3) is 0 Å². The minimum atomic E-state index is -1.15. The van der Waals surface area contributed by atoms with Crippen LogP contribution in [0.15, 0.2) is 11.6 Å². The van der Waals surface area contributed by atoms with Gasteiger partial charge in [-0.3, -0.25) is 0 Å². The molecule has 0 bridgehead atoms. The molecule has 0 aromatic rings. The number of allylic oxidation sites excluding steroid dienone is 1. The van der Waals surface area contributed by atoms with Gasteiger partial charge in [-0.2, -0.15) is 0 Å². The highest BCUT2D eigenvalue weighted by atomic mass is 16.5. The average molecular weight is 158 g/mol. The van der Waals surface area contributed by atoms with Gasteiger partial charge in [-0.25, -0.2) is 9.59 Å². The van der Waals surface area contributed by atoms with Gasteiger partial charge < -0.3 is 9.84 Å². The normalized spacial score (nSPS) is 8.55. The molecule has 4 heteroatoms. The molecule has 0 aliphatic rings. The van der Waals surface area contributed by atoms with Gasteiger partial charge >= 0.3 is 11.9 Å². The van der Waals surface area contributed by atoms with Crippen LogP contribution >= 0.6 is 0 Å². The molecule has 0 amide bonds. The van der Waals surface area contributed by atoms with Crippen molar-refractivity contribution in [2.75, 3.05) is 6.61 Å². The van der Waals surface area contributed by atoms with Gasteiger partial charge in [0.25, 0.3) is 0 Å². The third kappa shape index (κ3) is 6.57. The predicted octanol–water partition coefficient (Wildman–Crippen LogP) is 0.580. The first kappa shape index (κ1) is 9.68. The molecule has 1 N–H and O–H groups in total. The highest BCUT2D eigenvalue weighted by Crippen LogP contribution is 1.90. The molecule has 0 spiro atoms. The van der Waals surface area contributed by atoms with Crippen molar-refractivity contribution >= 4 is 11.9 Å². The van der Waals surface area contributed by atoms with E-state index in [9.17, 15) is 9.59 Å². The van der Waals surface area contributed by atoms with Crippen molar-refractivity contribution in [3.05, 3.63) is 11.6 Å². The fourth-order valence-electron chi connectivity index (χ4n) is 0.410. The molecule has 0 aromatic heterocycles. The number of hydrogen-bond acceptors (Lipinski definition) is 3. The Morgan fingerprint density at radius 3 is 2.36 bits per heavy atom. The maximum atomic E-state index is 10.6. The maximum Gasteiger partial charge on any atom is 0.341 e. The fourth-order valence-corrected chi connectivity index (χ4v) is 0.410. The zero-order valence-corrected chi connectivity index (χ0v) is 6.46. The standard InChI is InChI=1S/C7H10O4/c1-5(2)3-7(10)11-4-6(8)9/h3H,4H2,1-2H3,(H,8,9). The molecule has 0 unspecified atom stereocenters. The Morgan fingerprint density at radius 1 is 1.45 bits per heavy atom. The Bertz CT molecular complexity index is 189. The summed E-state index contributed by atoms with van der Waals surface area (Å²) in [5.41, 5.74) is 0.778. The number of carbonyl (C=O) groups is 2. The van der Waals surface area contributed by atoms with Gasteiger partial charge in [0.2, 0.25) is 0 Å². The smallest absolute Gasteiger partial charge is 0.341 e.